The number of ether oxygens (including phenoxy) is 1. The number of carbonyl (C=O) groups is 1. The Kier molecular flexibility index (Phi) is 4.94. The van der Waals surface area contributed by atoms with Crippen LogP contribution in [0.2, 0.25) is 5.02 Å². The van der Waals surface area contributed by atoms with E-state index in [9.17, 15) is 13.6 Å². The topological polar surface area (TPSA) is 50.4 Å². The predicted octanol–water partition coefficient (Wildman–Crippen LogP) is 4.59. The van der Waals surface area contributed by atoms with Crippen molar-refractivity contribution in [1.82, 2.24) is 0 Å². The van der Waals surface area contributed by atoms with Gasteiger partial charge < -0.3 is 15.4 Å². The van der Waals surface area contributed by atoms with Crippen molar-refractivity contribution in [3.8, 4) is 5.75 Å². The Morgan fingerprint density at radius 3 is 2.29 bits per heavy atom. The van der Waals surface area contributed by atoms with E-state index in [-0.39, 0.29) is 5.75 Å². The highest BCUT2D eigenvalue weighted by atomic mass is 35.5. The Morgan fingerprint density at radius 1 is 1.05 bits per heavy atom. The number of anilines is 2. The highest BCUT2D eigenvalue weighted by Crippen LogP contribution is 2.20. The zero-order valence-electron chi connectivity index (χ0n) is 10.6. The molecule has 0 fully saturated rings. The smallest absolute Gasteiger partial charge is 0.387 e. The van der Waals surface area contributed by atoms with Crippen LogP contribution in [0.25, 0.3) is 0 Å². The van der Waals surface area contributed by atoms with E-state index in [0.717, 1.165) is 0 Å². The summed E-state index contributed by atoms with van der Waals surface area (Å²) in [6.07, 6.45) is 0. The molecule has 0 saturated carbocycles. The molecule has 0 saturated heterocycles. The lowest BCUT2D eigenvalue weighted by atomic mass is 10.3. The standard InChI is InChI=1S/C14H11ClF2N2O2/c15-9-3-1-4-10(7-9)18-14(20)19-11-5-2-6-12(8-11)21-13(16)17/h1-8,13H,(H2,18,19,20). The van der Waals surface area contributed by atoms with E-state index >= 15 is 0 Å². The van der Waals surface area contributed by atoms with Crippen LogP contribution in [0.3, 0.4) is 0 Å². The number of carbonyl (C=O) groups excluding carboxylic acids is 1. The molecule has 0 bridgehead atoms. The van der Waals surface area contributed by atoms with Crippen LogP contribution in [0.5, 0.6) is 5.75 Å². The molecule has 0 aliphatic carbocycles. The van der Waals surface area contributed by atoms with Crippen molar-refractivity contribution in [2.24, 2.45) is 0 Å². The number of benzene rings is 2. The minimum atomic E-state index is -2.92. The molecule has 110 valence electrons. The van der Waals surface area contributed by atoms with Gasteiger partial charge in [-0.15, -0.1) is 0 Å². The maximum Gasteiger partial charge on any atom is 0.387 e. The summed E-state index contributed by atoms with van der Waals surface area (Å²) in [6.45, 7) is -2.92. The third-order valence-corrected chi connectivity index (χ3v) is 2.63. The number of alkyl halides is 2. The highest BCUT2D eigenvalue weighted by molar-refractivity contribution is 6.30. The highest BCUT2D eigenvalue weighted by Gasteiger charge is 2.07. The van der Waals surface area contributed by atoms with E-state index in [4.69, 9.17) is 11.6 Å². The van der Waals surface area contributed by atoms with Crippen LogP contribution in [-0.4, -0.2) is 12.6 Å². The van der Waals surface area contributed by atoms with E-state index < -0.39 is 12.6 Å². The summed E-state index contributed by atoms with van der Waals surface area (Å²) in [5.41, 5.74) is 0.840. The maximum absolute atomic E-state index is 12.1. The second-order valence-corrected chi connectivity index (χ2v) is 4.43. The predicted molar refractivity (Wildman–Crippen MR) is 77.2 cm³/mol. The molecule has 0 heterocycles. The summed E-state index contributed by atoms with van der Waals surface area (Å²) in [4.78, 5) is 11.8. The fraction of sp³-hybridized carbons (Fsp3) is 0.0714. The molecule has 2 aromatic rings. The van der Waals surface area contributed by atoms with Gasteiger partial charge in [0.25, 0.3) is 0 Å². The van der Waals surface area contributed by atoms with Crippen LogP contribution in [0.1, 0.15) is 0 Å². The molecule has 2 amide bonds. The average Bonchev–Trinajstić information content (AvgIpc) is 2.37. The summed E-state index contributed by atoms with van der Waals surface area (Å²) < 4.78 is 28.5. The van der Waals surface area contributed by atoms with E-state index in [0.29, 0.717) is 16.4 Å². The first-order valence-corrected chi connectivity index (χ1v) is 6.29. The van der Waals surface area contributed by atoms with Crippen LogP contribution in [0.15, 0.2) is 48.5 Å². The minimum absolute atomic E-state index is 0.0365. The van der Waals surface area contributed by atoms with E-state index in [1.807, 2.05) is 0 Å². The van der Waals surface area contributed by atoms with Gasteiger partial charge in [-0.05, 0) is 30.3 Å². The molecule has 0 radical (unpaired) electrons. The summed E-state index contributed by atoms with van der Waals surface area (Å²) in [5.74, 6) is -0.0365. The first-order valence-electron chi connectivity index (χ1n) is 5.91. The number of hydrogen-bond acceptors (Lipinski definition) is 2. The van der Waals surface area contributed by atoms with Crippen molar-refractivity contribution >= 4 is 29.0 Å². The van der Waals surface area contributed by atoms with Gasteiger partial charge in [-0.25, -0.2) is 4.79 Å². The van der Waals surface area contributed by atoms with Gasteiger partial charge in [-0.2, -0.15) is 8.78 Å². The molecule has 0 aliphatic rings. The Bertz CT molecular complexity index is 638. The van der Waals surface area contributed by atoms with Gasteiger partial charge in [0.2, 0.25) is 0 Å². The summed E-state index contributed by atoms with van der Waals surface area (Å²) in [6, 6.07) is 11.8. The van der Waals surface area contributed by atoms with Gasteiger partial charge in [-0.3, -0.25) is 0 Å². The summed E-state index contributed by atoms with van der Waals surface area (Å²) >= 11 is 5.80. The fourth-order valence-electron chi connectivity index (χ4n) is 1.61. The summed E-state index contributed by atoms with van der Waals surface area (Å²) in [5, 5.41) is 5.56. The van der Waals surface area contributed by atoms with Gasteiger partial charge in [0, 0.05) is 22.5 Å². The molecule has 0 aliphatic heterocycles. The Hall–Kier alpha value is -2.34. The molecule has 21 heavy (non-hydrogen) atoms. The molecule has 2 N–H and O–H groups in total. The first kappa shape index (κ1) is 15.1. The molecule has 0 atom stereocenters. The third kappa shape index (κ3) is 4.92. The van der Waals surface area contributed by atoms with Gasteiger partial charge in [0.1, 0.15) is 5.75 Å². The van der Waals surface area contributed by atoms with E-state index in [2.05, 4.69) is 15.4 Å². The zero-order valence-corrected chi connectivity index (χ0v) is 11.4. The van der Waals surface area contributed by atoms with Crippen molar-refractivity contribution in [3.05, 3.63) is 53.6 Å². The van der Waals surface area contributed by atoms with E-state index in [1.54, 1.807) is 30.3 Å². The third-order valence-electron chi connectivity index (χ3n) is 2.40. The second-order valence-electron chi connectivity index (χ2n) is 4.00. The lowest BCUT2D eigenvalue weighted by molar-refractivity contribution is -0.0497. The summed E-state index contributed by atoms with van der Waals surface area (Å²) in [7, 11) is 0. The Labute approximate surface area is 124 Å². The normalized spacial score (nSPS) is 10.3. The van der Waals surface area contributed by atoms with Crippen LogP contribution in [-0.2, 0) is 0 Å². The zero-order chi connectivity index (χ0) is 15.2. The van der Waals surface area contributed by atoms with Gasteiger partial charge in [0.15, 0.2) is 0 Å². The molecule has 2 aromatic carbocycles. The van der Waals surface area contributed by atoms with Crippen molar-refractivity contribution in [2.45, 2.75) is 6.61 Å². The average molecular weight is 313 g/mol. The van der Waals surface area contributed by atoms with Crippen LogP contribution in [0, 0.1) is 0 Å². The van der Waals surface area contributed by atoms with Crippen LogP contribution >= 0.6 is 11.6 Å². The van der Waals surface area contributed by atoms with Gasteiger partial charge in [0.05, 0.1) is 0 Å². The lowest BCUT2D eigenvalue weighted by Gasteiger charge is -2.09. The molecule has 0 aromatic heterocycles. The molecular weight excluding hydrogens is 302 g/mol. The SMILES string of the molecule is O=C(Nc1cccc(Cl)c1)Nc1cccc(OC(F)F)c1. The van der Waals surface area contributed by atoms with Crippen molar-refractivity contribution < 1.29 is 18.3 Å². The molecule has 7 heteroatoms. The monoisotopic (exact) mass is 312 g/mol. The van der Waals surface area contributed by atoms with Gasteiger partial charge >= 0.3 is 12.6 Å². The Morgan fingerprint density at radius 2 is 1.67 bits per heavy atom. The van der Waals surface area contributed by atoms with Crippen LogP contribution in [0.4, 0.5) is 25.0 Å². The molecule has 0 spiro atoms. The number of halogens is 3. The lowest BCUT2D eigenvalue weighted by Crippen LogP contribution is -2.19. The van der Waals surface area contributed by atoms with Gasteiger partial charge in [-0.1, -0.05) is 23.7 Å². The minimum Gasteiger partial charge on any atom is -0.435 e. The maximum atomic E-state index is 12.1. The fourth-order valence-corrected chi connectivity index (χ4v) is 1.80. The number of nitrogens with one attached hydrogen (secondary N) is 2. The number of amides is 2. The molecule has 2 rings (SSSR count). The van der Waals surface area contributed by atoms with Crippen molar-refractivity contribution in [2.75, 3.05) is 10.6 Å². The number of rotatable bonds is 4. The van der Waals surface area contributed by atoms with Crippen molar-refractivity contribution in [3.63, 3.8) is 0 Å². The largest absolute Gasteiger partial charge is 0.435 e. The van der Waals surface area contributed by atoms with Crippen LogP contribution < -0.4 is 15.4 Å². The molecule has 0 unspecified atom stereocenters. The number of hydrogen-bond donors (Lipinski definition) is 2. The number of urea groups is 1. The molecular formula is C14H11ClF2N2O2. The first-order chi connectivity index (χ1) is 10.0. The molecule has 4 nitrogen and oxygen atoms in total. The Balaban J connectivity index is 1.99. The van der Waals surface area contributed by atoms with E-state index in [1.165, 1.54) is 18.2 Å². The van der Waals surface area contributed by atoms with Crippen molar-refractivity contribution in [1.29, 1.82) is 0 Å². The quantitative estimate of drug-likeness (QED) is 0.867. The second kappa shape index (κ2) is 6.90.